The van der Waals surface area contributed by atoms with Crippen molar-refractivity contribution in [1.82, 2.24) is 9.97 Å². The number of rotatable bonds is 4. The molecule has 1 aromatic heterocycles. The van der Waals surface area contributed by atoms with Crippen LogP contribution >= 0.6 is 0 Å². The van der Waals surface area contributed by atoms with E-state index in [1.165, 1.54) is 19.5 Å². The van der Waals surface area contributed by atoms with Crippen LogP contribution in [-0.4, -0.2) is 22.2 Å². The highest BCUT2D eigenvalue weighted by Gasteiger charge is 2.15. The Hall–Kier alpha value is -3.15. The molecule has 0 aliphatic rings. The zero-order chi connectivity index (χ0) is 18.8. The van der Waals surface area contributed by atoms with Crippen molar-refractivity contribution in [2.45, 2.75) is 20.8 Å². The molecule has 0 unspecified atom stereocenters. The van der Waals surface area contributed by atoms with Gasteiger partial charge in [-0.25, -0.2) is 14.4 Å². The fourth-order valence-corrected chi connectivity index (χ4v) is 2.61. The van der Waals surface area contributed by atoms with E-state index < -0.39 is 5.82 Å². The molecule has 2 aromatic carbocycles. The number of hydrogen-bond donors (Lipinski definition) is 1. The standard InChI is InChI=1S/C20H19FN2O3/c1-11(2)7-13-12(3)5-6-17(19(13)21)26-20-14-8-16(24)18(25-4)9-15(14)22-10-23-20/h5-10,24H,1-4H3. The number of aromatic hydroxyl groups is 1. The number of fused-ring (bicyclic) bond motifs is 1. The first-order valence-corrected chi connectivity index (χ1v) is 8.04. The van der Waals surface area contributed by atoms with Crippen molar-refractivity contribution in [2.75, 3.05) is 7.11 Å². The lowest BCUT2D eigenvalue weighted by Gasteiger charge is -2.12. The number of hydrogen-bond acceptors (Lipinski definition) is 5. The molecule has 5 nitrogen and oxygen atoms in total. The highest BCUT2D eigenvalue weighted by Crippen LogP contribution is 2.36. The van der Waals surface area contributed by atoms with Crippen LogP contribution in [0.2, 0.25) is 0 Å². The lowest BCUT2D eigenvalue weighted by molar-refractivity contribution is 0.374. The van der Waals surface area contributed by atoms with Crippen LogP contribution in [0.4, 0.5) is 4.39 Å². The topological polar surface area (TPSA) is 64.5 Å². The van der Waals surface area contributed by atoms with Crippen molar-refractivity contribution in [2.24, 2.45) is 0 Å². The van der Waals surface area contributed by atoms with Gasteiger partial charge in [0, 0.05) is 11.6 Å². The fourth-order valence-electron chi connectivity index (χ4n) is 2.61. The summed E-state index contributed by atoms with van der Waals surface area (Å²) < 4.78 is 25.7. The van der Waals surface area contributed by atoms with Gasteiger partial charge >= 0.3 is 0 Å². The maximum Gasteiger partial charge on any atom is 0.230 e. The van der Waals surface area contributed by atoms with E-state index in [1.54, 1.807) is 24.3 Å². The van der Waals surface area contributed by atoms with Gasteiger partial charge in [0.1, 0.15) is 6.33 Å². The van der Waals surface area contributed by atoms with Gasteiger partial charge in [-0.15, -0.1) is 0 Å². The van der Waals surface area contributed by atoms with Crippen LogP contribution in [0.3, 0.4) is 0 Å². The van der Waals surface area contributed by atoms with Crippen LogP contribution in [0.5, 0.6) is 23.1 Å². The number of phenols is 1. The third-order valence-electron chi connectivity index (χ3n) is 3.90. The van der Waals surface area contributed by atoms with E-state index >= 15 is 0 Å². The zero-order valence-corrected chi connectivity index (χ0v) is 15.0. The molecule has 134 valence electrons. The minimum atomic E-state index is -0.462. The van der Waals surface area contributed by atoms with Crippen LogP contribution in [-0.2, 0) is 0 Å². The number of halogens is 1. The lowest BCUT2D eigenvalue weighted by atomic mass is 10.1. The third kappa shape index (κ3) is 3.31. The second-order valence-corrected chi connectivity index (χ2v) is 6.15. The van der Waals surface area contributed by atoms with Crippen molar-refractivity contribution in [3.63, 3.8) is 0 Å². The van der Waals surface area contributed by atoms with Crippen LogP contribution in [0.15, 0.2) is 36.2 Å². The molecule has 0 bridgehead atoms. The van der Waals surface area contributed by atoms with Gasteiger partial charge in [-0.2, -0.15) is 0 Å². The van der Waals surface area contributed by atoms with Crippen LogP contribution in [0, 0.1) is 12.7 Å². The molecule has 0 saturated heterocycles. The SMILES string of the molecule is COc1cc2ncnc(Oc3ccc(C)c(C=C(C)C)c3F)c2cc1O. The molecule has 3 aromatic rings. The summed E-state index contributed by atoms with van der Waals surface area (Å²) in [5.74, 6) is -0.0447. The predicted molar refractivity (Wildman–Crippen MR) is 98.3 cm³/mol. The maximum atomic E-state index is 14.9. The molecule has 0 fully saturated rings. The highest BCUT2D eigenvalue weighted by atomic mass is 19.1. The second-order valence-electron chi connectivity index (χ2n) is 6.15. The van der Waals surface area contributed by atoms with E-state index in [-0.39, 0.29) is 23.1 Å². The van der Waals surface area contributed by atoms with E-state index in [4.69, 9.17) is 9.47 Å². The summed E-state index contributed by atoms with van der Waals surface area (Å²) in [6.45, 7) is 5.65. The van der Waals surface area contributed by atoms with Crippen molar-refractivity contribution in [1.29, 1.82) is 0 Å². The van der Waals surface area contributed by atoms with E-state index in [1.807, 2.05) is 20.8 Å². The van der Waals surface area contributed by atoms with Gasteiger partial charge in [0.25, 0.3) is 0 Å². The molecule has 1 heterocycles. The second kappa shape index (κ2) is 7.00. The summed E-state index contributed by atoms with van der Waals surface area (Å²) in [6.07, 6.45) is 3.09. The first-order chi connectivity index (χ1) is 12.4. The first-order valence-electron chi connectivity index (χ1n) is 8.04. The molecule has 0 radical (unpaired) electrons. The van der Waals surface area contributed by atoms with Gasteiger partial charge in [0.15, 0.2) is 23.1 Å². The maximum absolute atomic E-state index is 14.9. The number of phenolic OH excluding ortho intramolecular Hbond substituents is 1. The average molecular weight is 354 g/mol. The lowest BCUT2D eigenvalue weighted by Crippen LogP contribution is -1.97. The van der Waals surface area contributed by atoms with Gasteiger partial charge in [-0.3, -0.25) is 0 Å². The Bertz CT molecular complexity index is 1010. The van der Waals surface area contributed by atoms with Crippen molar-refractivity contribution >= 4 is 17.0 Å². The zero-order valence-electron chi connectivity index (χ0n) is 15.0. The third-order valence-corrected chi connectivity index (χ3v) is 3.90. The van der Waals surface area contributed by atoms with Crippen LogP contribution < -0.4 is 9.47 Å². The largest absolute Gasteiger partial charge is 0.504 e. The van der Waals surface area contributed by atoms with Crippen molar-refractivity contribution in [3.8, 4) is 23.1 Å². The summed E-state index contributed by atoms with van der Waals surface area (Å²) >= 11 is 0. The van der Waals surface area contributed by atoms with Crippen LogP contribution in [0.1, 0.15) is 25.0 Å². The quantitative estimate of drug-likeness (QED) is 0.714. The van der Waals surface area contributed by atoms with Crippen LogP contribution in [0.25, 0.3) is 17.0 Å². The molecule has 0 aliphatic carbocycles. The Morgan fingerprint density at radius 2 is 1.92 bits per heavy atom. The minimum absolute atomic E-state index is 0.0541. The van der Waals surface area contributed by atoms with Gasteiger partial charge in [0.2, 0.25) is 5.88 Å². The normalized spacial score (nSPS) is 10.7. The van der Waals surface area contributed by atoms with Gasteiger partial charge < -0.3 is 14.6 Å². The summed E-state index contributed by atoms with van der Waals surface area (Å²) in [6, 6.07) is 6.35. The van der Waals surface area contributed by atoms with E-state index in [9.17, 15) is 9.50 Å². The summed E-state index contributed by atoms with van der Waals surface area (Å²) in [5.41, 5.74) is 2.78. The molecule has 0 saturated carbocycles. The number of ether oxygens (including phenoxy) is 2. The van der Waals surface area contributed by atoms with Gasteiger partial charge in [-0.05, 0) is 38.5 Å². The molecule has 1 N–H and O–H groups in total. The highest BCUT2D eigenvalue weighted by molar-refractivity contribution is 5.86. The molecule has 3 rings (SSSR count). The first kappa shape index (κ1) is 17.7. The summed E-state index contributed by atoms with van der Waals surface area (Å²) in [7, 11) is 1.45. The number of aromatic nitrogens is 2. The summed E-state index contributed by atoms with van der Waals surface area (Å²) in [4.78, 5) is 8.23. The number of allylic oxidation sites excluding steroid dienone is 1. The number of methoxy groups -OCH3 is 1. The van der Waals surface area contributed by atoms with E-state index in [0.29, 0.717) is 16.5 Å². The van der Waals surface area contributed by atoms with E-state index in [2.05, 4.69) is 9.97 Å². The van der Waals surface area contributed by atoms with Gasteiger partial charge in [0.05, 0.1) is 18.0 Å². The summed E-state index contributed by atoms with van der Waals surface area (Å²) in [5, 5.41) is 10.5. The molecule has 0 atom stereocenters. The molecular weight excluding hydrogens is 335 g/mol. The predicted octanol–water partition coefficient (Wildman–Crippen LogP) is 5.01. The molecular formula is C20H19FN2O3. The number of nitrogens with zero attached hydrogens (tertiary/aromatic N) is 2. The van der Waals surface area contributed by atoms with E-state index in [0.717, 1.165) is 11.1 Å². The van der Waals surface area contributed by atoms with Gasteiger partial charge in [-0.1, -0.05) is 17.7 Å². The Kier molecular flexibility index (Phi) is 4.75. The Labute approximate surface area is 150 Å². The van der Waals surface area contributed by atoms with Crippen molar-refractivity contribution < 1.29 is 19.0 Å². The number of aryl methyl sites for hydroxylation is 1. The Balaban J connectivity index is 2.10. The number of benzene rings is 2. The van der Waals surface area contributed by atoms with Crippen molar-refractivity contribution in [3.05, 3.63) is 53.1 Å². The molecule has 0 aliphatic heterocycles. The Morgan fingerprint density at radius 3 is 2.62 bits per heavy atom. The minimum Gasteiger partial charge on any atom is -0.504 e. The average Bonchev–Trinajstić information content (AvgIpc) is 2.60. The monoisotopic (exact) mass is 354 g/mol. The molecule has 0 spiro atoms. The molecule has 6 heteroatoms. The molecule has 26 heavy (non-hydrogen) atoms. The Morgan fingerprint density at radius 1 is 1.15 bits per heavy atom. The smallest absolute Gasteiger partial charge is 0.230 e. The molecule has 0 amide bonds. The fraction of sp³-hybridized carbons (Fsp3) is 0.200.